The number of aliphatic carboxylic acids is 1. The Balaban J connectivity index is 1.54. The third-order valence-electron chi connectivity index (χ3n) is 5.49. The van der Waals surface area contributed by atoms with E-state index < -0.39 is 5.97 Å². The molecule has 0 radical (unpaired) electrons. The van der Waals surface area contributed by atoms with E-state index in [1.165, 1.54) is 0 Å². The Morgan fingerprint density at radius 2 is 2.06 bits per heavy atom. The number of carbonyl (C=O) groups is 1. The normalized spacial score (nSPS) is 17.6. The lowest BCUT2D eigenvalue weighted by atomic mass is 9.99. The lowest BCUT2D eigenvalue weighted by Crippen LogP contribution is -2.10. The molecular formula is C22H19N5O4. The fraction of sp³-hybridized carbons (Fsp3) is 0.227. The zero-order valence-electron chi connectivity index (χ0n) is 16.6. The Morgan fingerprint density at radius 3 is 2.84 bits per heavy atom. The van der Waals surface area contributed by atoms with E-state index in [1.807, 2.05) is 49.4 Å². The highest BCUT2D eigenvalue weighted by Gasteiger charge is 2.44. The summed E-state index contributed by atoms with van der Waals surface area (Å²) in [5.41, 5.74) is 3.62. The zero-order chi connectivity index (χ0) is 21.5. The number of hydrogen-bond acceptors (Lipinski definition) is 6. The van der Waals surface area contributed by atoms with Crippen LogP contribution < -0.4 is 10.3 Å². The minimum Gasteiger partial charge on any atom is -0.493 e. The van der Waals surface area contributed by atoms with Crippen LogP contribution in [-0.2, 0) is 4.79 Å². The Morgan fingerprint density at radius 1 is 1.23 bits per heavy atom. The molecule has 156 valence electrons. The summed E-state index contributed by atoms with van der Waals surface area (Å²) in [6.45, 7) is 2.32. The van der Waals surface area contributed by atoms with Gasteiger partial charge in [-0.05, 0) is 48.1 Å². The molecule has 4 aromatic rings. The van der Waals surface area contributed by atoms with Crippen LogP contribution in [0.3, 0.4) is 0 Å². The number of nitrogens with one attached hydrogen (secondary N) is 2. The predicted octanol–water partition coefficient (Wildman–Crippen LogP) is 2.96. The Hall–Kier alpha value is -4.01. The summed E-state index contributed by atoms with van der Waals surface area (Å²) < 4.78 is 5.84. The van der Waals surface area contributed by atoms with Crippen molar-refractivity contribution in [1.29, 1.82) is 0 Å². The second kappa shape index (κ2) is 7.35. The van der Waals surface area contributed by atoms with E-state index in [0.29, 0.717) is 35.8 Å². The average Bonchev–Trinajstić information content (AvgIpc) is 3.44. The van der Waals surface area contributed by atoms with E-state index in [2.05, 4.69) is 25.4 Å². The van der Waals surface area contributed by atoms with Gasteiger partial charge in [-0.15, -0.1) is 5.10 Å². The maximum Gasteiger partial charge on any atom is 0.307 e. The number of H-pyrrole nitrogens is 2. The first kappa shape index (κ1) is 19.0. The molecular weight excluding hydrogens is 398 g/mol. The highest BCUT2D eigenvalue weighted by atomic mass is 16.5. The maximum atomic E-state index is 12.3. The van der Waals surface area contributed by atoms with E-state index in [-0.39, 0.29) is 22.9 Å². The summed E-state index contributed by atoms with van der Waals surface area (Å²) in [6.07, 6.45) is 0.673. The number of carboxylic acid groups (broad SMARTS) is 1. The van der Waals surface area contributed by atoms with Crippen LogP contribution >= 0.6 is 0 Å². The standard InChI is InChI=1S/C22H19N5O4/c1-2-31-17-9-12(11-4-3-5-13(8-11)15-10-16(15)22(29)30)6-7-14(17)19-23-20-18(21(28)24-19)25-27-26-20/h3-9,15-16H,2,10H2,1H3,(H,29,30)(H2,23,24,25,26,27,28). The van der Waals surface area contributed by atoms with Crippen LogP contribution in [0.2, 0.25) is 0 Å². The molecule has 9 nitrogen and oxygen atoms in total. The molecule has 2 unspecified atom stereocenters. The van der Waals surface area contributed by atoms with Gasteiger partial charge in [0, 0.05) is 0 Å². The topological polar surface area (TPSA) is 134 Å². The van der Waals surface area contributed by atoms with Crippen LogP contribution in [0.25, 0.3) is 33.7 Å². The first-order valence-corrected chi connectivity index (χ1v) is 9.96. The number of ether oxygens (including phenoxy) is 1. The maximum absolute atomic E-state index is 12.3. The van der Waals surface area contributed by atoms with Crippen molar-refractivity contribution in [2.75, 3.05) is 6.61 Å². The Kier molecular flexibility index (Phi) is 4.50. The summed E-state index contributed by atoms with van der Waals surface area (Å²) in [4.78, 5) is 30.6. The predicted molar refractivity (Wildman–Crippen MR) is 113 cm³/mol. The van der Waals surface area contributed by atoms with Gasteiger partial charge in [0.1, 0.15) is 11.6 Å². The number of carboxylic acids is 1. The lowest BCUT2D eigenvalue weighted by molar-refractivity contribution is -0.138. The molecule has 31 heavy (non-hydrogen) atoms. The molecule has 9 heteroatoms. The number of hydrogen-bond donors (Lipinski definition) is 3. The van der Waals surface area contributed by atoms with E-state index in [0.717, 1.165) is 16.7 Å². The van der Waals surface area contributed by atoms with Crippen LogP contribution in [0.15, 0.2) is 47.3 Å². The number of fused-ring (bicyclic) bond motifs is 1. The number of benzene rings is 2. The van der Waals surface area contributed by atoms with Crippen molar-refractivity contribution in [2.24, 2.45) is 5.92 Å². The Bertz CT molecular complexity index is 1360. The molecule has 1 aliphatic rings. The van der Waals surface area contributed by atoms with Crippen LogP contribution in [0.4, 0.5) is 0 Å². The van der Waals surface area contributed by atoms with Gasteiger partial charge >= 0.3 is 5.97 Å². The van der Waals surface area contributed by atoms with Gasteiger partial charge in [-0.3, -0.25) is 9.59 Å². The molecule has 1 fully saturated rings. The van der Waals surface area contributed by atoms with Crippen molar-refractivity contribution in [2.45, 2.75) is 19.3 Å². The van der Waals surface area contributed by atoms with Crippen LogP contribution in [0.5, 0.6) is 5.75 Å². The molecule has 0 saturated heterocycles. The molecule has 1 saturated carbocycles. The third kappa shape index (κ3) is 3.43. The molecule has 2 aromatic carbocycles. The fourth-order valence-corrected chi connectivity index (χ4v) is 3.85. The van der Waals surface area contributed by atoms with Crippen molar-refractivity contribution >= 4 is 17.1 Å². The summed E-state index contributed by atoms with van der Waals surface area (Å²) in [5, 5.41) is 19.2. The fourth-order valence-electron chi connectivity index (χ4n) is 3.85. The van der Waals surface area contributed by atoms with Crippen molar-refractivity contribution < 1.29 is 14.6 Å². The summed E-state index contributed by atoms with van der Waals surface area (Å²) in [5.74, 6) is -0.0485. The largest absolute Gasteiger partial charge is 0.493 e. The van der Waals surface area contributed by atoms with Gasteiger partial charge in [0.15, 0.2) is 11.2 Å². The molecule has 1 aliphatic carbocycles. The van der Waals surface area contributed by atoms with E-state index in [9.17, 15) is 14.7 Å². The van der Waals surface area contributed by atoms with Crippen molar-refractivity contribution in [3.8, 4) is 28.3 Å². The highest BCUT2D eigenvalue weighted by Crippen LogP contribution is 2.48. The lowest BCUT2D eigenvalue weighted by Gasteiger charge is -2.12. The number of aromatic amines is 2. The molecule has 2 atom stereocenters. The Labute approximate surface area is 176 Å². The third-order valence-corrected chi connectivity index (χ3v) is 5.49. The van der Waals surface area contributed by atoms with Gasteiger partial charge in [-0.25, -0.2) is 10.1 Å². The zero-order valence-corrected chi connectivity index (χ0v) is 16.6. The van der Waals surface area contributed by atoms with Crippen molar-refractivity contribution in [1.82, 2.24) is 25.4 Å². The second-order valence-electron chi connectivity index (χ2n) is 7.48. The number of nitrogens with zero attached hydrogens (tertiary/aromatic N) is 3. The summed E-state index contributed by atoms with van der Waals surface area (Å²) in [7, 11) is 0. The van der Waals surface area contributed by atoms with Crippen LogP contribution in [0, 0.1) is 5.92 Å². The van der Waals surface area contributed by atoms with Gasteiger partial charge in [-0.2, -0.15) is 0 Å². The molecule has 0 spiro atoms. The highest BCUT2D eigenvalue weighted by molar-refractivity contribution is 5.78. The quantitative estimate of drug-likeness (QED) is 0.439. The molecule has 5 rings (SSSR count). The average molecular weight is 417 g/mol. The van der Waals surface area contributed by atoms with E-state index in [4.69, 9.17) is 4.74 Å². The van der Waals surface area contributed by atoms with Gasteiger partial charge in [0.2, 0.25) is 0 Å². The molecule has 0 aliphatic heterocycles. The molecule has 0 amide bonds. The SMILES string of the molecule is CCOc1cc(-c2cccc(C3CC3C(=O)O)c2)ccc1-c1nc2[nH]nnc2c(=O)[nH]1. The van der Waals surface area contributed by atoms with Gasteiger partial charge in [0.05, 0.1) is 18.1 Å². The van der Waals surface area contributed by atoms with E-state index in [1.54, 1.807) is 0 Å². The first-order valence-electron chi connectivity index (χ1n) is 9.96. The minimum absolute atomic E-state index is 0.0621. The van der Waals surface area contributed by atoms with Crippen molar-refractivity contribution in [3.05, 3.63) is 58.4 Å². The van der Waals surface area contributed by atoms with Gasteiger partial charge < -0.3 is 14.8 Å². The van der Waals surface area contributed by atoms with Crippen LogP contribution in [0.1, 0.15) is 24.8 Å². The summed E-state index contributed by atoms with van der Waals surface area (Å²) in [6, 6.07) is 13.6. The van der Waals surface area contributed by atoms with Gasteiger partial charge in [-0.1, -0.05) is 35.5 Å². The number of aromatic nitrogens is 5. The van der Waals surface area contributed by atoms with Crippen molar-refractivity contribution in [3.63, 3.8) is 0 Å². The summed E-state index contributed by atoms with van der Waals surface area (Å²) >= 11 is 0. The molecule has 2 aromatic heterocycles. The first-order chi connectivity index (χ1) is 15.0. The van der Waals surface area contributed by atoms with Gasteiger partial charge in [0.25, 0.3) is 5.56 Å². The molecule has 0 bridgehead atoms. The minimum atomic E-state index is -0.746. The smallest absolute Gasteiger partial charge is 0.307 e. The molecule has 2 heterocycles. The number of rotatable bonds is 6. The van der Waals surface area contributed by atoms with Crippen LogP contribution in [-0.4, -0.2) is 43.1 Å². The monoisotopic (exact) mass is 417 g/mol. The molecule has 3 N–H and O–H groups in total. The van der Waals surface area contributed by atoms with E-state index >= 15 is 0 Å². The second-order valence-corrected chi connectivity index (χ2v) is 7.48.